The number of aromatic nitrogens is 3. The lowest BCUT2D eigenvalue weighted by atomic mass is 9.99. The van der Waals surface area contributed by atoms with Crippen molar-refractivity contribution in [2.24, 2.45) is 0 Å². The predicted octanol–water partition coefficient (Wildman–Crippen LogP) is 2.02. The van der Waals surface area contributed by atoms with Gasteiger partial charge in [0, 0.05) is 29.8 Å². The van der Waals surface area contributed by atoms with Gasteiger partial charge in [-0.3, -0.25) is 30.1 Å². The molecule has 0 saturated heterocycles. The average molecular weight is 392 g/mol. The summed E-state index contributed by atoms with van der Waals surface area (Å²) < 4.78 is 0. The fourth-order valence-electron chi connectivity index (χ4n) is 3.18. The number of benzene rings is 2. The molecular formula is C19H16N6O4. The lowest BCUT2D eigenvalue weighted by Crippen LogP contribution is -2.42. The van der Waals surface area contributed by atoms with Gasteiger partial charge in [0.1, 0.15) is 6.54 Å². The first kappa shape index (κ1) is 18.3. The number of non-ortho nitro benzene ring substituents is 1. The Labute approximate surface area is 164 Å². The highest BCUT2D eigenvalue weighted by atomic mass is 16.6. The first-order valence-electron chi connectivity index (χ1n) is 8.85. The van der Waals surface area contributed by atoms with Crippen molar-refractivity contribution in [1.82, 2.24) is 20.1 Å². The SMILES string of the molecule is O=C(CN1CCc2ccccc2C1=O)Nc1n[nH]c(-c2cccc([N+](=O)[O-])c2)n1. The number of nitrogens with one attached hydrogen (secondary N) is 2. The number of fused-ring (bicyclic) bond motifs is 1. The summed E-state index contributed by atoms with van der Waals surface area (Å²) in [5.74, 6) is -0.301. The third-order valence-electron chi connectivity index (χ3n) is 4.59. The molecule has 2 heterocycles. The van der Waals surface area contributed by atoms with E-state index < -0.39 is 10.8 Å². The van der Waals surface area contributed by atoms with Gasteiger partial charge in [0.15, 0.2) is 5.82 Å². The molecule has 0 saturated carbocycles. The molecule has 10 nitrogen and oxygen atoms in total. The van der Waals surface area contributed by atoms with Gasteiger partial charge in [-0.2, -0.15) is 4.98 Å². The van der Waals surface area contributed by atoms with E-state index in [2.05, 4.69) is 20.5 Å². The molecule has 0 aliphatic carbocycles. The van der Waals surface area contributed by atoms with Crippen molar-refractivity contribution in [3.05, 3.63) is 69.8 Å². The van der Waals surface area contributed by atoms with Crippen LogP contribution in [0.25, 0.3) is 11.4 Å². The van der Waals surface area contributed by atoms with Gasteiger partial charge in [-0.1, -0.05) is 30.3 Å². The number of amides is 2. The maximum Gasteiger partial charge on any atom is 0.270 e. The molecule has 1 aliphatic heterocycles. The molecule has 146 valence electrons. The lowest BCUT2D eigenvalue weighted by molar-refractivity contribution is -0.384. The first-order valence-corrected chi connectivity index (χ1v) is 8.85. The van der Waals surface area contributed by atoms with Crippen LogP contribution >= 0.6 is 0 Å². The zero-order chi connectivity index (χ0) is 20.4. The van der Waals surface area contributed by atoms with Crippen molar-refractivity contribution in [3.8, 4) is 11.4 Å². The monoisotopic (exact) mass is 392 g/mol. The van der Waals surface area contributed by atoms with Crippen molar-refractivity contribution in [3.63, 3.8) is 0 Å². The number of nitro benzene ring substituents is 1. The minimum Gasteiger partial charge on any atom is -0.329 e. The Kier molecular flexibility index (Phi) is 4.73. The molecule has 0 atom stereocenters. The van der Waals surface area contributed by atoms with Crippen LogP contribution in [-0.4, -0.2) is 49.9 Å². The summed E-state index contributed by atoms with van der Waals surface area (Å²) in [4.78, 5) is 40.9. The Hall–Kier alpha value is -4.08. The van der Waals surface area contributed by atoms with Crippen LogP contribution in [0.15, 0.2) is 48.5 Å². The zero-order valence-corrected chi connectivity index (χ0v) is 15.2. The predicted molar refractivity (Wildman–Crippen MR) is 103 cm³/mol. The first-order chi connectivity index (χ1) is 14.0. The summed E-state index contributed by atoms with van der Waals surface area (Å²) in [6, 6.07) is 13.2. The molecule has 4 rings (SSSR count). The second-order valence-electron chi connectivity index (χ2n) is 6.50. The van der Waals surface area contributed by atoms with Gasteiger partial charge < -0.3 is 4.90 Å². The highest BCUT2D eigenvalue weighted by molar-refractivity contribution is 6.00. The normalized spacial score (nSPS) is 13.1. The highest BCUT2D eigenvalue weighted by Crippen LogP contribution is 2.22. The van der Waals surface area contributed by atoms with Gasteiger partial charge in [-0.05, 0) is 18.1 Å². The second-order valence-corrected chi connectivity index (χ2v) is 6.50. The summed E-state index contributed by atoms with van der Waals surface area (Å²) in [6.07, 6.45) is 0.687. The Morgan fingerprint density at radius 3 is 2.90 bits per heavy atom. The number of carbonyl (C=O) groups is 2. The minimum atomic E-state index is -0.504. The van der Waals surface area contributed by atoms with Crippen molar-refractivity contribution < 1.29 is 14.5 Å². The topological polar surface area (TPSA) is 134 Å². The van der Waals surface area contributed by atoms with Crippen molar-refractivity contribution in [1.29, 1.82) is 0 Å². The molecule has 3 aromatic rings. The van der Waals surface area contributed by atoms with E-state index in [1.807, 2.05) is 12.1 Å². The van der Waals surface area contributed by atoms with E-state index in [9.17, 15) is 19.7 Å². The van der Waals surface area contributed by atoms with Crippen LogP contribution in [0, 0.1) is 10.1 Å². The van der Waals surface area contributed by atoms with Crippen LogP contribution in [-0.2, 0) is 11.2 Å². The van der Waals surface area contributed by atoms with Crippen LogP contribution in [0.4, 0.5) is 11.6 Å². The van der Waals surface area contributed by atoms with Crippen LogP contribution in [0.5, 0.6) is 0 Å². The molecule has 1 aliphatic rings. The van der Waals surface area contributed by atoms with Crippen LogP contribution in [0.2, 0.25) is 0 Å². The molecule has 0 bridgehead atoms. The van der Waals surface area contributed by atoms with Gasteiger partial charge in [-0.15, -0.1) is 5.10 Å². The molecule has 0 radical (unpaired) electrons. The summed E-state index contributed by atoms with van der Waals surface area (Å²) >= 11 is 0. The van der Waals surface area contributed by atoms with E-state index in [1.54, 1.807) is 18.2 Å². The number of nitrogens with zero attached hydrogens (tertiary/aromatic N) is 4. The van der Waals surface area contributed by atoms with Gasteiger partial charge in [0.25, 0.3) is 11.6 Å². The number of carbonyl (C=O) groups excluding carboxylic acids is 2. The fraction of sp³-hybridized carbons (Fsp3) is 0.158. The largest absolute Gasteiger partial charge is 0.329 e. The Morgan fingerprint density at radius 1 is 1.24 bits per heavy atom. The van der Waals surface area contributed by atoms with E-state index in [0.717, 1.165) is 5.56 Å². The van der Waals surface area contributed by atoms with Gasteiger partial charge >= 0.3 is 0 Å². The number of rotatable bonds is 5. The minimum absolute atomic E-state index is 0.0290. The summed E-state index contributed by atoms with van der Waals surface area (Å²) in [6.45, 7) is 0.337. The van der Waals surface area contributed by atoms with Gasteiger partial charge in [-0.25, -0.2) is 0 Å². The Balaban J connectivity index is 1.42. The second kappa shape index (κ2) is 7.50. The van der Waals surface area contributed by atoms with Gasteiger partial charge in [0.05, 0.1) is 4.92 Å². The van der Waals surface area contributed by atoms with E-state index in [1.165, 1.54) is 23.1 Å². The fourth-order valence-corrected chi connectivity index (χ4v) is 3.18. The van der Waals surface area contributed by atoms with Crippen LogP contribution in [0.1, 0.15) is 15.9 Å². The quantitative estimate of drug-likeness (QED) is 0.504. The number of hydrogen-bond donors (Lipinski definition) is 2. The highest BCUT2D eigenvalue weighted by Gasteiger charge is 2.25. The van der Waals surface area contributed by atoms with E-state index in [4.69, 9.17) is 0 Å². The molecule has 0 fully saturated rings. The zero-order valence-electron chi connectivity index (χ0n) is 15.2. The molecule has 1 aromatic heterocycles. The summed E-state index contributed by atoms with van der Waals surface area (Å²) in [5.41, 5.74) is 1.98. The number of H-pyrrole nitrogens is 1. The Bertz CT molecular complexity index is 1110. The van der Waals surface area contributed by atoms with Crippen molar-refractivity contribution >= 4 is 23.5 Å². The van der Waals surface area contributed by atoms with Gasteiger partial charge in [0.2, 0.25) is 11.9 Å². The summed E-state index contributed by atoms with van der Waals surface area (Å²) in [5, 5.41) is 20.0. The number of anilines is 1. The maximum absolute atomic E-state index is 12.5. The summed E-state index contributed by atoms with van der Waals surface area (Å²) in [7, 11) is 0. The molecule has 29 heavy (non-hydrogen) atoms. The molecule has 2 amide bonds. The van der Waals surface area contributed by atoms with Crippen molar-refractivity contribution in [2.75, 3.05) is 18.4 Å². The third-order valence-corrected chi connectivity index (χ3v) is 4.59. The Morgan fingerprint density at radius 2 is 2.07 bits per heavy atom. The smallest absolute Gasteiger partial charge is 0.270 e. The number of hydrogen-bond acceptors (Lipinski definition) is 6. The van der Waals surface area contributed by atoms with E-state index in [0.29, 0.717) is 24.1 Å². The molecule has 0 spiro atoms. The average Bonchev–Trinajstić information content (AvgIpc) is 3.19. The molecular weight excluding hydrogens is 376 g/mol. The number of aromatic amines is 1. The number of nitro groups is 1. The van der Waals surface area contributed by atoms with E-state index in [-0.39, 0.29) is 29.9 Å². The molecule has 10 heteroatoms. The molecule has 2 N–H and O–H groups in total. The molecule has 2 aromatic carbocycles. The van der Waals surface area contributed by atoms with Crippen LogP contribution in [0.3, 0.4) is 0 Å². The third kappa shape index (κ3) is 3.81. The lowest BCUT2D eigenvalue weighted by Gasteiger charge is -2.27. The molecule has 0 unspecified atom stereocenters. The standard InChI is InChI=1S/C19H16N6O4/c26-16(11-24-9-8-12-4-1-2-7-15(12)18(24)27)20-19-21-17(22-23-19)13-5-3-6-14(10-13)25(28)29/h1-7,10H,8-9,11H2,(H2,20,21,22,23,26). The maximum atomic E-state index is 12.5. The van der Waals surface area contributed by atoms with Crippen molar-refractivity contribution in [2.45, 2.75) is 6.42 Å². The van der Waals surface area contributed by atoms with Crippen LogP contribution < -0.4 is 5.32 Å². The van der Waals surface area contributed by atoms with E-state index >= 15 is 0 Å².